The molecule has 0 spiro atoms. The van der Waals surface area contributed by atoms with E-state index < -0.39 is 22.3 Å². The molecule has 1 atom stereocenters. The van der Waals surface area contributed by atoms with Crippen molar-refractivity contribution in [3.05, 3.63) is 67.4 Å². The monoisotopic (exact) mass is 470 g/mol. The molecule has 6 heteroatoms. The van der Waals surface area contributed by atoms with Crippen LogP contribution in [0.5, 0.6) is 0 Å². The summed E-state index contributed by atoms with van der Waals surface area (Å²) in [5, 5.41) is 0. The van der Waals surface area contributed by atoms with E-state index in [9.17, 15) is 13.2 Å². The van der Waals surface area contributed by atoms with Gasteiger partial charge in [-0.25, -0.2) is 13.2 Å². The molecule has 0 heterocycles. The first-order valence-corrected chi connectivity index (χ1v) is 8.06. The summed E-state index contributed by atoms with van der Waals surface area (Å²) in [7, 11) is 0. The van der Waals surface area contributed by atoms with Crippen LogP contribution in [0.2, 0.25) is 0 Å². The predicted octanol–water partition coefficient (Wildman–Crippen LogP) is 6.42. The van der Waals surface area contributed by atoms with Crippen molar-refractivity contribution in [3.8, 4) is 0 Å². The molecule has 0 aliphatic heterocycles. The number of aryl methyl sites for hydroxylation is 1. The van der Waals surface area contributed by atoms with Crippen molar-refractivity contribution in [2.45, 2.75) is 11.8 Å². The first kappa shape index (κ1) is 16.0. The molecule has 20 heavy (non-hydrogen) atoms. The molecule has 0 bridgehead atoms. The van der Waals surface area contributed by atoms with Gasteiger partial charge < -0.3 is 0 Å². The Bertz CT molecular complexity index is 669. The fourth-order valence-corrected chi connectivity index (χ4v) is 3.85. The van der Waals surface area contributed by atoms with Crippen LogP contribution in [0, 0.1) is 24.4 Å². The third-order valence-corrected chi connectivity index (χ3v) is 5.42. The van der Waals surface area contributed by atoms with Gasteiger partial charge in [-0.15, -0.1) is 0 Å². The molecule has 0 nitrogen and oxygen atoms in total. The van der Waals surface area contributed by atoms with E-state index in [1.165, 1.54) is 6.07 Å². The van der Waals surface area contributed by atoms with E-state index in [2.05, 4.69) is 47.8 Å². The van der Waals surface area contributed by atoms with Crippen LogP contribution in [0.4, 0.5) is 13.2 Å². The third-order valence-electron chi connectivity index (χ3n) is 2.89. The lowest BCUT2D eigenvalue weighted by atomic mass is 10.0. The van der Waals surface area contributed by atoms with Crippen LogP contribution in [0.25, 0.3) is 0 Å². The first-order chi connectivity index (χ1) is 9.32. The summed E-state index contributed by atoms with van der Waals surface area (Å²) >= 11 is 10.1. The number of alkyl halides is 1. The van der Waals surface area contributed by atoms with Crippen LogP contribution < -0.4 is 0 Å². The standard InChI is InChI=1S/C14H8Br3F3/c1-6-4-10(16)8(5-9(6)15)12(17)7-2-3-11(18)14(20)13(7)19/h2-5,12H,1H3. The summed E-state index contributed by atoms with van der Waals surface area (Å²) in [6, 6.07) is 5.82. The lowest BCUT2D eigenvalue weighted by Crippen LogP contribution is -2.02. The van der Waals surface area contributed by atoms with Gasteiger partial charge in [0.2, 0.25) is 0 Å². The molecule has 2 aromatic rings. The van der Waals surface area contributed by atoms with Crippen LogP contribution >= 0.6 is 47.8 Å². The van der Waals surface area contributed by atoms with Crippen molar-refractivity contribution in [2.24, 2.45) is 0 Å². The van der Waals surface area contributed by atoms with Gasteiger partial charge in [-0.1, -0.05) is 53.9 Å². The van der Waals surface area contributed by atoms with E-state index in [-0.39, 0.29) is 5.56 Å². The van der Waals surface area contributed by atoms with Crippen molar-refractivity contribution in [2.75, 3.05) is 0 Å². The van der Waals surface area contributed by atoms with Gasteiger partial charge in [0.1, 0.15) is 0 Å². The minimum absolute atomic E-state index is 0.0420. The Hall–Kier alpha value is -0.330. The fourth-order valence-electron chi connectivity index (χ4n) is 1.76. The van der Waals surface area contributed by atoms with Crippen molar-refractivity contribution in [3.63, 3.8) is 0 Å². The minimum atomic E-state index is -1.46. The normalized spacial score (nSPS) is 12.6. The van der Waals surface area contributed by atoms with Gasteiger partial charge in [-0.05, 0) is 36.2 Å². The molecule has 0 radical (unpaired) electrons. The molecule has 0 aliphatic carbocycles. The van der Waals surface area contributed by atoms with E-state index in [1.807, 2.05) is 13.0 Å². The maximum atomic E-state index is 13.8. The Morgan fingerprint density at radius 2 is 1.55 bits per heavy atom. The second kappa shape index (κ2) is 6.20. The van der Waals surface area contributed by atoms with Crippen molar-refractivity contribution in [1.29, 1.82) is 0 Å². The SMILES string of the molecule is Cc1cc(Br)c(C(Br)c2ccc(F)c(F)c2F)cc1Br. The molecule has 0 fully saturated rings. The highest BCUT2D eigenvalue weighted by Gasteiger charge is 2.22. The molecule has 0 aliphatic rings. The summed E-state index contributed by atoms with van der Waals surface area (Å²) in [4.78, 5) is -0.594. The molecule has 106 valence electrons. The first-order valence-electron chi connectivity index (χ1n) is 5.56. The number of hydrogen-bond donors (Lipinski definition) is 0. The highest BCUT2D eigenvalue weighted by Crippen LogP contribution is 2.39. The van der Waals surface area contributed by atoms with Gasteiger partial charge in [-0.3, -0.25) is 0 Å². The Morgan fingerprint density at radius 1 is 0.900 bits per heavy atom. The fraction of sp³-hybridized carbons (Fsp3) is 0.143. The largest absolute Gasteiger partial charge is 0.204 e. The third kappa shape index (κ3) is 2.97. The molecule has 0 saturated carbocycles. The van der Waals surface area contributed by atoms with Crippen molar-refractivity contribution in [1.82, 2.24) is 0 Å². The van der Waals surface area contributed by atoms with E-state index in [1.54, 1.807) is 6.07 Å². The van der Waals surface area contributed by atoms with Crippen LogP contribution in [-0.2, 0) is 0 Å². The van der Waals surface area contributed by atoms with Gasteiger partial charge in [0.15, 0.2) is 17.5 Å². The van der Waals surface area contributed by atoms with Crippen LogP contribution in [0.15, 0.2) is 33.2 Å². The van der Waals surface area contributed by atoms with Gasteiger partial charge in [0.05, 0.1) is 4.83 Å². The predicted molar refractivity (Wildman–Crippen MR) is 83.7 cm³/mol. The molecule has 2 rings (SSSR count). The van der Waals surface area contributed by atoms with Gasteiger partial charge >= 0.3 is 0 Å². The Labute approximate surface area is 139 Å². The number of rotatable bonds is 2. The molecule has 2 aromatic carbocycles. The number of benzene rings is 2. The quantitative estimate of drug-likeness (QED) is 0.349. The lowest BCUT2D eigenvalue weighted by molar-refractivity contribution is 0.442. The molecule has 1 unspecified atom stereocenters. The number of hydrogen-bond acceptors (Lipinski definition) is 0. The van der Waals surface area contributed by atoms with Crippen LogP contribution in [-0.4, -0.2) is 0 Å². The average molecular weight is 473 g/mol. The van der Waals surface area contributed by atoms with Gasteiger partial charge in [0, 0.05) is 14.5 Å². The number of halogens is 6. The zero-order valence-corrected chi connectivity index (χ0v) is 14.9. The van der Waals surface area contributed by atoms with Gasteiger partial charge in [-0.2, -0.15) is 0 Å². The Balaban J connectivity index is 2.55. The summed E-state index contributed by atoms with van der Waals surface area (Å²) in [6.07, 6.45) is 0. The molecular weight excluding hydrogens is 465 g/mol. The van der Waals surface area contributed by atoms with Crippen molar-refractivity contribution >= 4 is 47.8 Å². The van der Waals surface area contributed by atoms with E-state index in [0.29, 0.717) is 5.56 Å². The van der Waals surface area contributed by atoms with Gasteiger partial charge in [0.25, 0.3) is 0 Å². The summed E-state index contributed by atoms with van der Waals surface area (Å²) in [6.45, 7) is 1.92. The minimum Gasteiger partial charge on any atom is -0.204 e. The van der Waals surface area contributed by atoms with Crippen LogP contribution in [0.1, 0.15) is 21.5 Å². The average Bonchev–Trinajstić information content (AvgIpc) is 2.40. The lowest BCUT2D eigenvalue weighted by Gasteiger charge is -2.15. The Kier molecular flexibility index (Phi) is 4.97. The molecule has 0 N–H and O–H groups in total. The summed E-state index contributed by atoms with van der Waals surface area (Å²) < 4.78 is 41.7. The summed E-state index contributed by atoms with van der Waals surface area (Å²) in [5.74, 6) is -3.85. The topological polar surface area (TPSA) is 0 Å². The summed E-state index contributed by atoms with van der Waals surface area (Å²) in [5.41, 5.74) is 1.76. The maximum Gasteiger partial charge on any atom is 0.194 e. The van der Waals surface area contributed by atoms with Crippen molar-refractivity contribution < 1.29 is 13.2 Å². The second-order valence-electron chi connectivity index (χ2n) is 4.25. The van der Waals surface area contributed by atoms with E-state index in [4.69, 9.17) is 0 Å². The molecule has 0 aromatic heterocycles. The van der Waals surface area contributed by atoms with E-state index >= 15 is 0 Å². The highest BCUT2D eigenvalue weighted by atomic mass is 79.9. The highest BCUT2D eigenvalue weighted by molar-refractivity contribution is 9.11. The molecule has 0 saturated heterocycles. The molecule has 0 amide bonds. The zero-order chi connectivity index (χ0) is 15.0. The second-order valence-corrected chi connectivity index (χ2v) is 6.87. The Morgan fingerprint density at radius 3 is 2.20 bits per heavy atom. The zero-order valence-electron chi connectivity index (χ0n) is 10.2. The smallest absolute Gasteiger partial charge is 0.194 e. The molecular formula is C14H8Br3F3. The maximum absolute atomic E-state index is 13.8. The van der Waals surface area contributed by atoms with E-state index in [0.717, 1.165) is 20.6 Å². The van der Waals surface area contributed by atoms with Crippen LogP contribution in [0.3, 0.4) is 0 Å².